The lowest BCUT2D eigenvalue weighted by Crippen LogP contribution is -1.90. The summed E-state index contributed by atoms with van der Waals surface area (Å²) < 4.78 is 1.19. The minimum Gasteiger partial charge on any atom is -0.483 e. The lowest BCUT2D eigenvalue weighted by atomic mass is 9.99. The van der Waals surface area contributed by atoms with Crippen molar-refractivity contribution in [2.75, 3.05) is 5.33 Å². The molecule has 3 aromatic rings. The van der Waals surface area contributed by atoms with Gasteiger partial charge in [-0.2, -0.15) is 0 Å². The number of alkyl halides is 1. The lowest BCUT2D eigenvalue weighted by Gasteiger charge is -2.09. The highest BCUT2D eigenvalue weighted by Crippen LogP contribution is 2.36. The summed E-state index contributed by atoms with van der Waals surface area (Å²) in [5, 5.41) is 10.4. The fourth-order valence-corrected chi connectivity index (χ4v) is 3.76. The van der Waals surface area contributed by atoms with Crippen molar-refractivity contribution < 1.29 is 9.90 Å². The maximum atomic E-state index is 8.36. The third-order valence-corrected chi connectivity index (χ3v) is 5.03. The number of aromatic nitrogens is 1. The minimum absolute atomic E-state index is 0.250. The topological polar surface area (TPSA) is 50.2 Å². The summed E-state index contributed by atoms with van der Waals surface area (Å²) in [7, 11) is 0. The number of aryl methyl sites for hydroxylation is 2. The van der Waals surface area contributed by atoms with Crippen molar-refractivity contribution in [1.82, 2.24) is 4.98 Å². The number of nitrogens with zero attached hydrogens (tertiary/aromatic N) is 1. The molecular formula is C19H15BrClNO2S. The number of rotatable bonds is 1. The van der Waals surface area contributed by atoms with Gasteiger partial charge in [-0.25, -0.2) is 0 Å². The van der Waals surface area contributed by atoms with Crippen molar-refractivity contribution in [3.63, 3.8) is 0 Å². The Morgan fingerprint density at radius 2 is 2.04 bits per heavy atom. The molecule has 0 radical (unpaired) electrons. The van der Waals surface area contributed by atoms with Crippen LogP contribution in [0.4, 0.5) is 0 Å². The van der Waals surface area contributed by atoms with E-state index in [0.29, 0.717) is 5.33 Å². The molecule has 1 N–H and O–H groups in total. The van der Waals surface area contributed by atoms with Crippen molar-refractivity contribution >= 4 is 55.6 Å². The molecule has 2 aromatic heterocycles. The van der Waals surface area contributed by atoms with Gasteiger partial charge in [-0.05, 0) is 49.1 Å². The Bertz CT molecular complexity index is 973. The zero-order chi connectivity index (χ0) is 18.4. The van der Waals surface area contributed by atoms with E-state index in [4.69, 9.17) is 21.5 Å². The van der Waals surface area contributed by atoms with Crippen molar-refractivity contribution in [2.45, 2.75) is 13.8 Å². The molecule has 6 heteroatoms. The molecule has 0 aliphatic rings. The number of carboxylic acid groups (broad SMARTS) is 1. The number of hydrogen-bond donors (Lipinski definition) is 1. The van der Waals surface area contributed by atoms with Crippen LogP contribution in [-0.4, -0.2) is 21.9 Å². The van der Waals surface area contributed by atoms with Gasteiger partial charge in [-0.15, -0.1) is 11.3 Å². The van der Waals surface area contributed by atoms with E-state index in [1.807, 2.05) is 25.1 Å². The third kappa shape index (κ3) is 4.60. The molecule has 0 bridgehead atoms. The molecule has 2 heterocycles. The largest absolute Gasteiger partial charge is 0.483 e. The van der Waals surface area contributed by atoms with E-state index in [0.717, 1.165) is 32.9 Å². The van der Waals surface area contributed by atoms with Crippen LogP contribution in [0.1, 0.15) is 16.8 Å². The number of hydrogen-bond acceptors (Lipinski definition) is 3. The molecule has 0 saturated heterocycles. The van der Waals surface area contributed by atoms with E-state index >= 15 is 0 Å². The second-order valence-corrected chi connectivity index (χ2v) is 7.02. The van der Waals surface area contributed by atoms with Gasteiger partial charge >= 0.3 is 0 Å². The van der Waals surface area contributed by atoms with Crippen LogP contribution in [0.15, 0.2) is 29.6 Å². The first-order valence-corrected chi connectivity index (χ1v) is 9.67. The van der Waals surface area contributed by atoms with Gasteiger partial charge in [0, 0.05) is 27.4 Å². The Labute approximate surface area is 163 Å². The van der Waals surface area contributed by atoms with Crippen LogP contribution in [0.5, 0.6) is 0 Å². The normalized spacial score (nSPS) is 9.76. The monoisotopic (exact) mass is 435 g/mol. The first-order chi connectivity index (χ1) is 12.0. The Morgan fingerprint density at radius 3 is 2.72 bits per heavy atom. The molecule has 3 rings (SSSR count). The van der Waals surface area contributed by atoms with Crippen molar-refractivity contribution in [1.29, 1.82) is 0 Å². The SMILES string of the molecule is Cc1cc(-c2cc(Cl)ccc2C#CCBr)c2scc(C)c2n1.O=CO. The highest BCUT2D eigenvalue weighted by molar-refractivity contribution is 9.09. The Kier molecular flexibility index (Phi) is 7.01. The molecule has 0 unspecified atom stereocenters. The van der Waals surface area contributed by atoms with Crippen LogP contribution in [0.2, 0.25) is 5.02 Å². The van der Waals surface area contributed by atoms with Crippen LogP contribution in [0.25, 0.3) is 21.3 Å². The van der Waals surface area contributed by atoms with Gasteiger partial charge in [-0.1, -0.05) is 39.4 Å². The summed E-state index contributed by atoms with van der Waals surface area (Å²) in [5.74, 6) is 6.28. The molecule has 128 valence electrons. The lowest BCUT2D eigenvalue weighted by molar-refractivity contribution is -0.122. The molecule has 0 spiro atoms. The number of carbonyl (C=O) groups is 1. The molecule has 0 aliphatic heterocycles. The summed E-state index contributed by atoms with van der Waals surface area (Å²) >= 11 is 11.3. The minimum atomic E-state index is -0.250. The number of benzene rings is 1. The van der Waals surface area contributed by atoms with Crippen molar-refractivity contribution in [3.05, 3.63) is 51.5 Å². The molecule has 1 aromatic carbocycles. The average Bonchev–Trinajstić information content (AvgIpc) is 2.95. The van der Waals surface area contributed by atoms with Crippen LogP contribution in [-0.2, 0) is 4.79 Å². The molecule has 0 amide bonds. The summed E-state index contributed by atoms with van der Waals surface area (Å²) in [6.45, 7) is 3.87. The highest BCUT2D eigenvalue weighted by Gasteiger charge is 2.13. The quantitative estimate of drug-likeness (QED) is 0.303. The summed E-state index contributed by atoms with van der Waals surface area (Å²) in [6, 6.07) is 7.97. The third-order valence-electron chi connectivity index (χ3n) is 3.39. The standard InChI is InChI=1S/C18H13BrClNS.CH2O2/c1-11-10-22-18-16(8-12(2)21-17(11)18)15-9-14(20)6-5-13(15)4-3-7-19;2-1-3/h5-6,8-10H,7H2,1-2H3;1H,(H,2,3). The van der Waals surface area contributed by atoms with Gasteiger partial charge < -0.3 is 5.11 Å². The fourth-order valence-electron chi connectivity index (χ4n) is 2.43. The van der Waals surface area contributed by atoms with Crippen molar-refractivity contribution in [2.24, 2.45) is 0 Å². The number of halogens is 2. The number of fused-ring (bicyclic) bond motifs is 1. The molecule has 0 fully saturated rings. The van der Waals surface area contributed by atoms with Crippen LogP contribution in [0.3, 0.4) is 0 Å². The van der Waals surface area contributed by atoms with E-state index in [1.54, 1.807) is 11.3 Å². The Hall–Kier alpha value is -1.87. The predicted octanol–water partition coefficient (Wildman–Crippen LogP) is 5.68. The number of thiophene rings is 1. The van der Waals surface area contributed by atoms with Crippen LogP contribution >= 0.6 is 38.9 Å². The number of pyridine rings is 1. The molecule has 3 nitrogen and oxygen atoms in total. The van der Waals surface area contributed by atoms with Gasteiger partial charge in [-0.3, -0.25) is 9.78 Å². The summed E-state index contributed by atoms with van der Waals surface area (Å²) in [6.07, 6.45) is 0. The second-order valence-electron chi connectivity index (χ2n) is 5.14. The van der Waals surface area contributed by atoms with Gasteiger partial charge in [0.1, 0.15) is 0 Å². The van der Waals surface area contributed by atoms with Gasteiger partial charge in [0.25, 0.3) is 6.47 Å². The average molecular weight is 437 g/mol. The van der Waals surface area contributed by atoms with Crippen LogP contribution < -0.4 is 0 Å². The maximum Gasteiger partial charge on any atom is 0.290 e. The molecule has 0 saturated carbocycles. The first-order valence-electron chi connectivity index (χ1n) is 7.29. The molecule has 25 heavy (non-hydrogen) atoms. The van der Waals surface area contributed by atoms with Gasteiger partial charge in [0.2, 0.25) is 0 Å². The Morgan fingerprint density at radius 1 is 1.32 bits per heavy atom. The zero-order valence-corrected chi connectivity index (χ0v) is 16.8. The highest BCUT2D eigenvalue weighted by atomic mass is 79.9. The van der Waals surface area contributed by atoms with Crippen LogP contribution in [0, 0.1) is 25.7 Å². The zero-order valence-electron chi connectivity index (χ0n) is 13.6. The van der Waals surface area contributed by atoms with Gasteiger partial charge in [0.15, 0.2) is 0 Å². The van der Waals surface area contributed by atoms with E-state index in [1.165, 1.54) is 10.3 Å². The molecule has 0 atom stereocenters. The predicted molar refractivity (Wildman–Crippen MR) is 109 cm³/mol. The van der Waals surface area contributed by atoms with E-state index in [-0.39, 0.29) is 6.47 Å². The maximum absolute atomic E-state index is 8.36. The molecular weight excluding hydrogens is 422 g/mol. The van der Waals surface area contributed by atoms with E-state index in [9.17, 15) is 0 Å². The van der Waals surface area contributed by atoms with E-state index < -0.39 is 0 Å². The van der Waals surface area contributed by atoms with Crippen molar-refractivity contribution in [3.8, 4) is 23.0 Å². The van der Waals surface area contributed by atoms with Gasteiger partial charge in [0.05, 0.1) is 15.5 Å². The summed E-state index contributed by atoms with van der Waals surface area (Å²) in [4.78, 5) is 13.0. The smallest absolute Gasteiger partial charge is 0.290 e. The fraction of sp³-hybridized carbons (Fsp3) is 0.158. The Balaban J connectivity index is 0.000000701. The van der Waals surface area contributed by atoms with E-state index in [2.05, 4.69) is 51.1 Å². The first kappa shape index (κ1) is 19.5. The summed E-state index contributed by atoms with van der Waals surface area (Å²) in [5.41, 5.74) is 6.49. The second kappa shape index (κ2) is 9.00. The molecule has 0 aliphatic carbocycles.